The first-order valence-electron chi connectivity index (χ1n) is 5.43. The average Bonchev–Trinajstić information content (AvgIpc) is 2.79. The van der Waals surface area contributed by atoms with E-state index in [1.165, 1.54) is 12.1 Å². The lowest BCUT2D eigenvalue weighted by Gasteiger charge is -2.20. The molecule has 1 N–H and O–H groups in total. The number of carboxylic acids is 1. The summed E-state index contributed by atoms with van der Waals surface area (Å²) in [5, 5.41) is 9.03. The fourth-order valence-electron chi connectivity index (χ4n) is 2.02. The third kappa shape index (κ3) is 2.52. The highest BCUT2D eigenvalue weighted by molar-refractivity contribution is 14.1. The number of benzene rings is 1. The molecule has 0 bridgehead atoms. The molecule has 18 heavy (non-hydrogen) atoms. The molecule has 0 aromatic heterocycles. The molecule has 1 aliphatic rings. The summed E-state index contributed by atoms with van der Waals surface area (Å²) in [7, 11) is -3.70. The summed E-state index contributed by atoms with van der Waals surface area (Å²) in [4.78, 5) is 11.2. The maximum atomic E-state index is 12.3. The number of hydrogen-bond acceptors (Lipinski definition) is 3. The molecule has 0 spiro atoms. The van der Waals surface area contributed by atoms with Crippen LogP contribution in [0.2, 0.25) is 0 Å². The highest BCUT2D eigenvalue weighted by atomic mass is 127. The zero-order valence-electron chi connectivity index (χ0n) is 9.41. The minimum absolute atomic E-state index is 0.149. The second kappa shape index (κ2) is 5.14. The van der Waals surface area contributed by atoms with E-state index in [0.29, 0.717) is 12.8 Å². The van der Waals surface area contributed by atoms with Crippen molar-refractivity contribution in [2.75, 3.05) is 6.54 Å². The normalized spacial score (nSPS) is 21.1. The molecular weight excluding hydrogens is 369 g/mol. The second-order valence-corrected chi connectivity index (χ2v) is 7.20. The van der Waals surface area contributed by atoms with Crippen LogP contribution in [0, 0.1) is 3.57 Å². The van der Waals surface area contributed by atoms with Crippen molar-refractivity contribution in [3.05, 3.63) is 27.8 Å². The fraction of sp³-hybridized carbons (Fsp3) is 0.364. The van der Waals surface area contributed by atoms with Gasteiger partial charge in [-0.3, -0.25) is 4.79 Å². The van der Waals surface area contributed by atoms with Crippen LogP contribution in [-0.2, 0) is 14.8 Å². The molecule has 1 atom stereocenters. The lowest BCUT2D eigenvalue weighted by atomic mass is 10.2. The minimum atomic E-state index is -3.70. The number of aliphatic carboxylic acids is 1. The van der Waals surface area contributed by atoms with Crippen LogP contribution < -0.4 is 0 Å². The molecule has 5 nitrogen and oxygen atoms in total. The molecule has 1 aromatic rings. The fourth-order valence-corrected chi connectivity index (χ4v) is 4.03. The Bertz CT molecular complexity index is 555. The Hall–Kier alpha value is -0.670. The van der Waals surface area contributed by atoms with Crippen LogP contribution >= 0.6 is 22.6 Å². The number of halogens is 1. The Morgan fingerprint density at radius 2 is 1.94 bits per heavy atom. The molecule has 1 fully saturated rings. The number of carboxylic acid groups (broad SMARTS) is 1. The van der Waals surface area contributed by atoms with Gasteiger partial charge in [0.05, 0.1) is 4.90 Å². The molecule has 98 valence electrons. The second-order valence-electron chi connectivity index (χ2n) is 4.07. The van der Waals surface area contributed by atoms with Crippen molar-refractivity contribution in [2.45, 2.75) is 23.8 Å². The maximum Gasteiger partial charge on any atom is 0.322 e. The summed E-state index contributed by atoms with van der Waals surface area (Å²) in [6.07, 6.45) is 0.958. The molecule has 0 radical (unpaired) electrons. The Morgan fingerprint density at radius 1 is 1.33 bits per heavy atom. The summed E-state index contributed by atoms with van der Waals surface area (Å²) in [6.45, 7) is 0.269. The van der Waals surface area contributed by atoms with E-state index in [1.54, 1.807) is 12.1 Å². The van der Waals surface area contributed by atoms with E-state index in [2.05, 4.69) is 22.6 Å². The largest absolute Gasteiger partial charge is 0.480 e. The highest BCUT2D eigenvalue weighted by Crippen LogP contribution is 2.26. The standard InChI is InChI=1S/C11H12INO4S/c12-8-3-5-9(6-4-8)18(16,17)13-7-1-2-10(13)11(14)15/h3-6,10H,1-2,7H2,(H,14,15)/t10-/m1/s1. The number of sulfonamides is 1. The van der Waals surface area contributed by atoms with Crippen molar-refractivity contribution in [3.63, 3.8) is 0 Å². The monoisotopic (exact) mass is 381 g/mol. The summed E-state index contributed by atoms with van der Waals surface area (Å²) >= 11 is 2.09. The van der Waals surface area contributed by atoms with Gasteiger partial charge in [0, 0.05) is 10.1 Å². The van der Waals surface area contributed by atoms with Crippen LogP contribution in [-0.4, -0.2) is 36.4 Å². The molecule has 0 aliphatic carbocycles. The maximum absolute atomic E-state index is 12.3. The van der Waals surface area contributed by atoms with Gasteiger partial charge in [0.2, 0.25) is 10.0 Å². The smallest absolute Gasteiger partial charge is 0.322 e. The van der Waals surface area contributed by atoms with Crippen LogP contribution in [0.5, 0.6) is 0 Å². The molecule has 1 saturated heterocycles. The number of carbonyl (C=O) groups is 1. The summed E-state index contributed by atoms with van der Waals surface area (Å²) in [5.41, 5.74) is 0. The van der Waals surface area contributed by atoms with Gasteiger partial charge in [-0.15, -0.1) is 0 Å². The van der Waals surface area contributed by atoms with Gasteiger partial charge in [-0.2, -0.15) is 4.31 Å². The van der Waals surface area contributed by atoms with E-state index in [1.807, 2.05) is 0 Å². The average molecular weight is 381 g/mol. The Labute approximate surface area is 119 Å². The van der Waals surface area contributed by atoms with Gasteiger partial charge in [0.15, 0.2) is 0 Å². The van der Waals surface area contributed by atoms with Gasteiger partial charge in [-0.1, -0.05) is 0 Å². The van der Waals surface area contributed by atoms with Crippen molar-refractivity contribution in [2.24, 2.45) is 0 Å². The van der Waals surface area contributed by atoms with E-state index >= 15 is 0 Å². The Kier molecular flexibility index (Phi) is 3.93. The Morgan fingerprint density at radius 3 is 2.50 bits per heavy atom. The van der Waals surface area contributed by atoms with Crippen LogP contribution in [0.25, 0.3) is 0 Å². The van der Waals surface area contributed by atoms with Crippen molar-refractivity contribution < 1.29 is 18.3 Å². The van der Waals surface area contributed by atoms with E-state index in [0.717, 1.165) is 7.88 Å². The van der Waals surface area contributed by atoms with Crippen molar-refractivity contribution in [1.82, 2.24) is 4.31 Å². The predicted molar refractivity (Wildman–Crippen MR) is 73.7 cm³/mol. The van der Waals surface area contributed by atoms with Gasteiger partial charge < -0.3 is 5.11 Å². The molecule has 2 rings (SSSR count). The summed E-state index contributed by atoms with van der Waals surface area (Å²) in [6, 6.07) is 5.47. The third-order valence-electron chi connectivity index (χ3n) is 2.91. The van der Waals surface area contributed by atoms with E-state index < -0.39 is 22.0 Å². The molecular formula is C11H12INO4S. The zero-order valence-corrected chi connectivity index (χ0v) is 12.4. The van der Waals surface area contributed by atoms with Crippen molar-refractivity contribution >= 4 is 38.6 Å². The number of hydrogen-bond donors (Lipinski definition) is 1. The van der Waals surface area contributed by atoms with Gasteiger partial charge in [-0.05, 0) is 59.7 Å². The molecule has 0 saturated carbocycles. The quantitative estimate of drug-likeness (QED) is 0.806. The van der Waals surface area contributed by atoms with E-state index in [4.69, 9.17) is 5.11 Å². The van der Waals surface area contributed by atoms with Crippen LogP contribution in [0.15, 0.2) is 29.2 Å². The van der Waals surface area contributed by atoms with Crippen molar-refractivity contribution in [3.8, 4) is 0 Å². The molecule has 7 heteroatoms. The van der Waals surface area contributed by atoms with Gasteiger partial charge in [0.1, 0.15) is 6.04 Å². The lowest BCUT2D eigenvalue weighted by Crippen LogP contribution is -2.40. The summed E-state index contributed by atoms with van der Waals surface area (Å²) < 4.78 is 26.7. The number of rotatable bonds is 3. The summed E-state index contributed by atoms with van der Waals surface area (Å²) in [5.74, 6) is -1.08. The van der Waals surface area contributed by atoms with E-state index in [-0.39, 0.29) is 11.4 Å². The van der Waals surface area contributed by atoms with Gasteiger partial charge in [0.25, 0.3) is 0 Å². The molecule has 0 unspecified atom stereocenters. The highest BCUT2D eigenvalue weighted by Gasteiger charge is 2.39. The van der Waals surface area contributed by atoms with E-state index in [9.17, 15) is 13.2 Å². The van der Waals surface area contributed by atoms with Crippen LogP contribution in [0.1, 0.15) is 12.8 Å². The topological polar surface area (TPSA) is 74.7 Å². The van der Waals surface area contributed by atoms with Crippen molar-refractivity contribution in [1.29, 1.82) is 0 Å². The van der Waals surface area contributed by atoms with Gasteiger partial charge >= 0.3 is 5.97 Å². The molecule has 1 aromatic carbocycles. The predicted octanol–water partition coefficient (Wildman–Crippen LogP) is 1.53. The first-order valence-corrected chi connectivity index (χ1v) is 7.95. The number of nitrogens with zero attached hydrogens (tertiary/aromatic N) is 1. The van der Waals surface area contributed by atoms with Gasteiger partial charge in [-0.25, -0.2) is 8.42 Å². The van der Waals surface area contributed by atoms with Crippen LogP contribution in [0.3, 0.4) is 0 Å². The first-order chi connectivity index (χ1) is 8.43. The molecule has 0 amide bonds. The SMILES string of the molecule is O=C(O)[C@H]1CCCN1S(=O)(=O)c1ccc(I)cc1. The van der Waals surface area contributed by atoms with Crippen LogP contribution in [0.4, 0.5) is 0 Å². The third-order valence-corrected chi connectivity index (χ3v) is 5.55. The minimum Gasteiger partial charge on any atom is -0.480 e. The molecule has 1 heterocycles. The first kappa shape index (κ1) is 13.8. The lowest BCUT2D eigenvalue weighted by molar-refractivity contribution is -0.140. The molecule has 1 aliphatic heterocycles. The Balaban J connectivity index is 2.36. The zero-order chi connectivity index (χ0) is 13.3.